The van der Waals surface area contributed by atoms with Crippen LogP contribution >= 0.6 is 0 Å². The number of nitrogens with one attached hydrogen (secondary N) is 1. The summed E-state index contributed by atoms with van der Waals surface area (Å²) >= 11 is 0. The maximum absolute atomic E-state index is 13.0. The number of para-hydroxylation sites is 1. The molecule has 0 aromatic heterocycles. The van der Waals surface area contributed by atoms with Crippen molar-refractivity contribution in [2.75, 3.05) is 11.9 Å². The van der Waals surface area contributed by atoms with E-state index in [2.05, 4.69) is 5.32 Å². The van der Waals surface area contributed by atoms with Crippen molar-refractivity contribution in [1.82, 2.24) is 10.2 Å². The summed E-state index contributed by atoms with van der Waals surface area (Å²) in [6, 6.07) is 16.6. The molecule has 0 bridgehead atoms. The molecule has 1 fully saturated rings. The number of hydrogen-bond donors (Lipinski definition) is 1. The van der Waals surface area contributed by atoms with Crippen molar-refractivity contribution >= 4 is 23.5 Å². The zero-order valence-corrected chi connectivity index (χ0v) is 15.0. The van der Waals surface area contributed by atoms with Gasteiger partial charge in [0, 0.05) is 12.7 Å². The quantitative estimate of drug-likeness (QED) is 0.861. The molecule has 6 nitrogen and oxygen atoms in total. The van der Waals surface area contributed by atoms with E-state index in [9.17, 15) is 14.4 Å². The lowest BCUT2D eigenvalue weighted by molar-refractivity contribution is -0.136. The Labute approximate surface area is 152 Å². The summed E-state index contributed by atoms with van der Waals surface area (Å²) in [5.74, 6) is -0.770. The number of carbonyl (C=O) groups excluding carboxylic acids is 3. The van der Waals surface area contributed by atoms with E-state index in [0.29, 0.717) is 11.3 Å². The Hall–Kier alpha value is -3.15. The molecule has 1 aliphatic rings. The van der Waals surface area contributed by atoms with Crippen LogP contribution in [0, 0.1) is 0 Å². The van der Waals surface area contributed by atoms with Crippen LogP contribution in [-0.2, 0) is 15.1 Å². The van der Waals surface area contributed by atoms with Gasteiger partial charge in [0.25, 0.3) is 5.91 Å². The van der Waals surface area contributed by atoms with Crippen molar-refractivity contribution in [2.24, 2.45) is 0 Å². The molecule has 134 valence electrons. The van der Waals surface area contributed by atoms with Crippen LogP contribution in [0.4, 0.5) is 10.5 Å². The summed E-state index contributed by atoms with van der Waals surface area (Å²) < 4.78 is 0. The highest BCUT2D eigenvalue weighted by Gasteiger charge is 2.52. The van der Waals surface area contributed by atoms with E-state index >= 15 is 0 Å². The van der Waals surface area contributed by atoms with Crippen molar-refractivity contribution in [3.63, 3.8) is 0 Å². The van der Waals surface area contributed by atoms with E-state index < -0.39 is 23.5 Å². The highest BCUT2D eigenvalue weighted by atomic mass is 16.2. The van der Waals surface area contributed by atoms with Gasteiger partial charge in [-0.2, -0.15) is 0 Å². The van der Waals surface area contributed by atoms with E-state index in [1.54, 1.807) is 57.3 Å². The maximum atomic E-state index is 13.0. The van der Waals surface area contributed by atoms with Crippen LogP contribution in [0.3, 0.4) is 0 Å². The molecule has 0 saturated carbocycles. The zero-order valence-electron chi connectivity index (χ0n) is 15.0. The molecule has 1 saturated heterocycles. The molecule has 1 N–H and O–H groups in total. The number of anilines is 1. The standard InChI is InChI=1S/C20H21N3O3/c1-14(17(24)22(3)16-12-8-5-9-13-16)23-18(25)20(2,21-19(23)26)15-10-6-4-7-11-15/h4-14H,1-3H3,(H,21,26). The lowest BCUT2D eigenvalue weighted by atomic mass is 9.92. The van der Waals surface area contributed by atoms with Gasteiger partial charge in [-0.3, -0.25) is 9.59 Å². The van der Waals surface area contributed by atoms with E-state index in [0.717, 1.165) is 4.90 Å². The summed E-state index contributed by atoms with van der Waals surface area (Å²) in [5, 5.41) is 2.73. The van der Waals surface area contributed by atoms with Gasteiger partial charge < -0.3 is 10.2 Å². The van der Waals surface area contributed by atoms with Gasteiger partial charge >= 0.3 is 6.03 Å². The van der Waals surface area contributed by atoms with Crippen LogP contribution in [-0.4, -0.2) is 35.8 Å². The third-order valence-corrected chi connectivity index (χ3v) is 4.79. The third-order valence-electron chi connectivity index (χ3n) is 4.79. The first-order valence-corrected chi connectivity index (χ1v) is 8.40. The Morgan fingerprint density at radius 3 is 2.15 bits per heavy atom. The first-order chi connectivity index (χ1) is 12.4. The highest BCUT2D eigenvalue weighted by molar-refractivity contribution is 6.11. The van der Waals surface area contributed by atoms with Gasteiger partial charge in [0.2, 0.25) is 5.91 Å². The molecule has 0 aliphatic carbocycles. The number of urea groups is 1. The molecule has 6 heteroatoms. The summed E-state index contributed by atoms with van der Waals surface area (Å²) in [6.07, 6.45) is 0. The molecule has 2 unspecified atom stereocenters. The Morgan fingerprint density at radius 2 is 1.58 bits per heavy atom. The molecule has 0 spiro atoms. The van der Waals surface area contributed by atoms with Crippen molar-refractivity contribution in [3.8, 4) is 0 Å². The second kappa shape index (κ2) is 6.63. The van der Waals surface area contributed by atoms with Crippen LogP contribution in [0.2, 0.25) is 0 Å². The predicted octanol–water partition coefficient (Wildman–Crippen LogP) is 2.51. The zero-order chi connectivity index (χ0) is 18.9. The van der Waals surface area contributed by atoms with Crippen molar-refractivity contribution < 1.29 is 14.4 Å². The van der Waals surface area contributed by atoms with Gasteiger partial charge in [-0.15, -0.1) is 0 Å². The molecule has 4 amide bonds. The van der Waals surface area contributed by atoms with Gasteiger partial charge in [0.15, 0.2) is 0 Å². The monoisotopic (exact) mass is 351 g/mol. The second-order valence-electron chi connectivity index (χ2n) is 6.51. The van der Waals surface area contributed by atoms with Gasteiger partial charge in [0.05, 0.1) is 0 Å². The summed E-state index contributed by atoms with van der Waals surface area (Å²) in [4.78, 5) is 40.8. The lowest BCUT2D eigenvalue weighted by Crippen LogP contribution is -2.49. The van der Waals surface area contributed by atoms with Crippen LogP contribution in [0.15, 0.2) is 60.7 Å². The van der Waals surface area contributed by atoms with E-state index in [-0.39, 0.29) is 5.91 Å². The van der Waals surface area contributed by atoms with Gasteiger partial charge in [-0.25, -0.2) is 9.69 Å². The number of hydrogen-bond acceptors (Lipinski definition) is 3. The van der Waals surface area contributed by atoms with Crippen LogP contribution < -0.4 is 10.2 Å². The minimum atomic E-state index is -1.18. The molecule has 0 radical (unpaired) electrons. The largest absolute Gasteiger partial charge is 0.326 e. The average molecular weight is 351 g/mol. The lowest BCUT2D eigenvalue weighted by Gasteiger charge is -2.27. The molecular formula is C20H21N3O3. The van der Waals surface area contributed by atoms with Crippen molar-refractivity contribution in [1.29, 1.82) is 0 Å². The van der Waals surface area contributed by atoms with Gasteiger partial charge in [0.1, 0.15) is 11.6 Å². The smallest absolute Gasteiger partial charge is 0.319 e. The topological polar surface area (TPSA) is 69.7 Å². The molecule has 2 aromatic rings. The first-order valence-electron chi connectivity index (χ1n) is 8.40. The van der Waals surface area contributed by atoms with Gasteiger partial charge in [-0.05, 0) is 31.5 Å². The first kappa shape index (κ1) is 17.7. The normalized spacial score (nSPS) is 20.7. The van der Waals surface area contributed by atoms with Crippen molar-refractivity contribution in [3.05, 3.63) is 66.2 Å². The highest BCUT2D eigenvalue weighted by Crippen LogP contribution is 2.30. The van der Waals surface area contributed by atoms with Crippen molar-refractivity contribution in [2.45, 2.75) is 25.4 Å². The van der Waals surface area contributed by atoms with Crippen LogP contribution in [0.25, 0.3) is 0 Å². The second-order valence-corrected chi connectivity index (χ2v) is 6.51. The Bertz CT molecular complexity index is 838. The van der Waals surface area contributed by atoms with Gasteiger partial charge in [-0.1, -0.05) is 48.5 Å². The number of benzene rings is 2. The molecule has 3 rings (SSSR count). The molecule has 2 aromatic carbocycles. The molecule has 26 heavy (non-hydrogen) atoms. The Kier molecular flexibility index (Phi) is 4.50. The summed E-state index contributed by atoms with van der Waals surface area (Å²) in [5.41, 5.74) is 0.192. The van der Waals surface area contributed by atoms with E-state index in [4.69, 9.17) is 0 Å². The molecule has 1 heterocycles. The predicted molar refractivity (Wildman–Crippen MR) is 98.5 cm³/mol. The SMILES string of the molecule is CC(C(=O)N(C)c1ccccc1)N1C(=O)NC(C)(c2ccccc2)C1=O. The minimum Gasteiger partial charge on any atom is -0.319 e. The fourth-order valence-electron chi connectivity index (χ4n) is 3.15. The number of carbonyl (C=O) groups is 3. The number of likely N-dealkylation sites (N-methyl/N-ethyl adjacent to an activating group) is 1. The molecule has 2 atom stereocenters. The summed E-state index contributed by atoms with van der Waals surface area (Å²) in [7, 11) is 1.63. The number of amides is 4. The number of rotatable bonds is 4. The molecule has 1 aliphatic heterocycles. The van der Waals surface area contributed by atoms with E-state index in [1.807, 2.05) is 24.3 Å². The molecular weight excluding hydrogens is 330 g/mol. The fraction of sp³-hybridized carbons (Fsp3) is 0.250. The fourth-order valence-corrected chi connectivity index (χ4v) is 3.15. The third kappa shape index (κ3) is 2.83. The number of nitrogens with zero attached hydrogens (tertiary/aromatic N) is 2. The van der Waals surface area contributed by atoms with Crippen LogP contribution in [0.5, 0.6) is 0 Å². The average Bonchev–Trinajstić information content (AvgIpc) is 2.91. The van der Waals surface area contributed by atoms with Crippen LogP contribution in [0.1, 0.15) is 19.4 Å². The maximum Gasteiger partial charge on any atom is 0.326 e. The number of imide groups is 1. The summed E-state index contributed by atoms with van der Waals surface area (Å²) in [6.45, 7) is 3.22. The minimum absolute atomic E-state index is 0.336. The Morgan fingerprint density at radius 1 is 1.04 bits per heavy atom. The van der Waals surface area contributed by atoms with E-state index in [1.165, 1.54) is 4.90 Å². The Balaban J connectivity index is 1.86.